The fourth-order valence-electron chi connectivity index (χ4n) is 5.83. The van der Waals surface area contributed by atoms with Crippen LogP contribution in [0, 0.1) is 0 Å². The van der Waals surface area contributed by atoms with Gasteiger partial charge in [-0.3, -0.25) is 9.97 Å². The van der Waals surface area contributed by atoms with Crippen LogP contribution in [0.5, 0.6) is 0 Å². The molecule has 0 fully saturated rings. The van der Waals surface area contributed by atoms with Crippen molar-refractivity contribution in [1.29, 1.82) is 0 Å². The molecule has 0 bridgehead atoms. The second-order valence-electron chi connectivity index (χ2n) is 9.59. The summed E-state index contributed by atoms with van der Waals surface area (Å²) < 4.78 is 4.60. The molecular formula is C34H22N4. The molecule has 38 heavy (non-hydrogen) atoms. The Morgan fingerprint density at radius 2 is 0.842 bits per heavy atom. The molecule has 0 aliphatic rings. The molecule has 0 atom stereocenters. The molecular weight excluding hydrogens is 464 g/mol. The lowest BCUT2D eigenvalue weighted by atomic mass is 10.0. The second-order valence-corrected chi connectivity index (χ2v) is 9.59. The quantitative estimate of drug-likeness (QED) is 0.252. The maximum absolute atomic E-state index is 4.37. The highest BCUT2D eigenvalue weighted by atomic mass is 15.0. The van der Waals surface area contributed by atoms with Crippen LogP contribution in [0.4, 0.5) is 0 Å². The number of pyridine rings is 2. The molecule has 8 rings (SSSR count). The fourth-order valence-corrected chi connectivity index (χ4v) is 5.83. The minimum absolute atomic E-state index is 1.07. The van der Waals surface area contributed by atoms with Gasteiger partial charge in [-0.2, -0.15) is 0 Å². The van der Waals surface area contributed by atoms with Gasteiger partial charge in [0.2, 0.25) is 0 Å². The normalized spacial score (nSPS) is 11.7. The van der Waals surface area contributed by atoms with E-state index in [9.17, 15) is 0 Å². The first-order valence-corrected chi connectivity index (χ1v) is 12.7. The zero-order chi connectivity index (χ0) is 25.1. The Balaban J connectivity index is 1.36. The lowest BCUT2D eigenvalue weighted by Gasteiger charge is -2.09. The summed E-state index contributed by atoms with van der Waals surface area (Å²) in [6, 6.07) is 39.0. The van der Waals surface area contributed by atoms with Crippen LogP contribution in [0.1, 0.15) is 0 Å². The number of nitrogens with zero attached hydrogens (tertiary/aromatic N) is 4. The summed E-state index contributed by atoms with van der Waals surface area (Å²) in [4.78, 5) is 8.74. The summed E-state index contributed by atoms with van der Waals surface area (Å²) in [5.74, 6) is 0. The lowest BCUT2D eigenvalue weighted by molar-refractivity contribution is 1.14. The Bertz CT molecular complexity index is 1960. The zero-order valence-corrected chi connectivity index (χ0v) is 20.5. The summed E-state index contributed by atoms with van der Waals surface area (Å²) in [5.41, 5.74) is 9.25. The number of aromatic nitrogens is 4. The number of hydrogen-bond acceptors (Lipinski definition) is 2. The number of fused-ring (bicyclic) bond motifs is 6. The second kappa shape index (κ2) is 8.15. The van der Waals surface area contributed by atoms with E-state index in [2.05, 4.69) is 116 Å². The molecule has 0 amide bonds. The molecule has 4 aromatic heterocycles. The van der Waals surface area contributed by atoms with Crippen molar-refractivity contribution in [1.82, 2.24) is 19.1 Å². The standard InChI is InChI=1S/C34H22N4/c1-3-11-31-27(9-1)29-19-23(13-15-33(29)37(31)25-7-5-17-35-21-25)24-14-16-34-30(20-24)28-10-2-4-12-32(28)38(34)26-8-6-18-36-22-26/h1-22H. The van der Waals surface area contributed by atoms with E-state index in [1.165, 1.54) is 54.7 Å². The van der Waals surface area contributed by atoms with Crippen LogP contribution >= 0.6 is 0 Å². The van der Waals surface area contributed by atoms with Gasteiger partial charge in [-0.25, -0.2) is 0 Å². The molecule has 0 saturated carbocycles. The van der Waals surface area contributed by atoms with Gasteiger partial charge in [-0.1, -0.05) is 48.5 Å². The van der Waals surface area contributed by atoms with Crippen molar-refractivity contribution in [3.8, 4) is 22.5 Å². The van der Waals surface area contributed by atoms with Crippen LogP contribution in [-0.2, 0) is 0 Å². The molecule has 4 aromatic carbocycles. The molecule has 0 radical (unpaired) electrons. The third kappa shape index (κ3) is 3.04. The topological polar surface area (TPSA) is 35.6 Å². The number of rotatable bonds is 3. The summed E-state index contributed by atoms with van der Waals surface area (Å²) >= 11 is 0. The molecule has 8 aromatic rings. The van der Waals surface area contributed by atoms with E-state index in [-0.39, 0.29) is 0 Å². The third-order valence-electron chi connectivity index (χ3n) is 7.49. The van der Waals surface area contributed by atoms with Crippen LogP contribution in [0.15, 0.2) is 134 Å². The van der Waals surface area contributed by atoms with Gasteiger partial charge >= 0.3 is 0 Å². The van der Waals surface area contributed by atoms with Crippen molar-refractivity contribution in [2.45, 2.75) is 0 Å². The number of hydrogen-bond donors (Lipinski definition) is 0. The largest absolute Gasteiger partial charge is 0.308 e. The molecule has 178 valence electrons. The Kier molecular flexibility index (Phi) is 4.49. The van der Waals surface area contributed by atoms with Gasteiger partial charge in [0.05, 0.1) is 45.8 Å². The van der Waals surface area contributed by atoms with Crippen molar-refractivity contribution in [2.75, 3.05) is 0 Å². The summed E-state index contributed by atoms with van der Waals surface area (Å²) in [7, 11) is 0. The monoisotopic (exact) mass is 486 g/mol. The zero-order valence-electron chi connectivity index (χ0n) is 20.5. The van der Waals surface area contributed by atoms with Crippen LogP contribution < -0.4 is 0 Å². The predicted molar refractivity (Wildman–Crippen MR) is 156 cm³/mol. The third-order valence-corrected chi connectivity index (χ3v) is 7.49. The molecule has 0 N–H and O–H groups in total. The van der Waals surface area contributed by atoms with Gasteiger partial charge in [0, 0.05) is 33.9 Å². The summed E-state index contributed by atoms with van der Waals surface area (Å²) in [6.07, 6.45) is 7.48. The fraction of sp³-hybridized carbons (Fsp3) is 0. The molecule has 4 heteroatoms. The molecule has 0 saturated heterocycles. The minimum atomic E-state index is 1.07. The summed E-state index contributed by atoms with van der Waals surface area (Å²) in [5, 5.41) is 4.95. The van der Waals surface area contributed by atoms with Crippen molar-refractivity contribution in [2.24, 2.45) is 0 Å². The first-order valence-electron chi connectivity index (χ1n) is 12.7. The van der Waals surface area contributed by atoms with Crippen LogP contribution in [0.25, 0.3) is 66.1 Å². The van der Waals surface area contributed by atoms with Crippen molar-refractivity contribution in [3.63, 3.8) is 0 Å². The average molecular weight is 487 g/mol. The molecule has 4 nitrogen and oxygen atoms in total. The van der Waals surface area contributed by atoms with E-state index in [0.717, 1.165) is 11.4 Å². The van der Waals surface area contributed by atoms with Gasteiger partial charge in [-0.15, -0.1) is 0 Å². The van der Waals surface area contributed by atoms with E-state index >= 15 is 0 Å². The lowest BCUT2D eigenvalue weighted by Crippen LogP contribution is -1.94. The maximum Gasteiger partial charge on any atom is 0.0645 e. The highest BCUT2D eigenvalue weighted by Crippen LogP contribution is 2.37. The summed E-state index contributed by atoms with van der Waals surface area (Å²) in [6.45, 7) is 0. The minimum Gasteiger partial charge on any atom is -0.308 e. The van der Waals surface area contributed by atoms with Gasteiger partial charge in [0.1, 0.15) is 0 Å². The SMILES string of the molecule is c1cncc(-n2c3ccccc3c3cc(-c4ccc5c(c4)c4ccccc4n5-c4cccnc4)ccc32)c1. The van der Waals surface area contributed by atoms with E-state index in [0.29, 0.717) is 0 Å². The molecule has 0 spiro atoms. The van der Waals surface area contributed by atoms with Crippen LogP contribution in [0.2, 0.25) is 0 Å². The highest BCUT2D eigenvalue weighted by Gasteiger charge is 2.15. The molecule has 0 unspecified atom stereocenters. The van der Waals surface area contributed by atoms with Gasteiger partial charge in [0.15, 0.2) is 0 Å². The van der Waals surface area contributed by atoms with Crippen molar-refractivity contribution >= 4 is 43.6 Å². The highest BCUT2D eigenvalue weighted by molar-refractivity contribution is 6.12. The van der Waals surface area contributed by atoms with Gasteiger partial charge in [-0.05, 0) is 71.8 Å². The van der Waals surface area contributed by atoms with Crippen molar-refractivity contribution < 1.29 is 0 Å². The Labute approximate surface area is 219 Å². The van der Waals surface area contributed by atoms with Crippen LogP contribution in [-0.4, -0.2) is 19.1 Å². The molecule has 0 aliphatic carbocycles. The number of benzene rings is 4. The van der Waals surface area contributed by atoms with E-state index < -0.39 is 0 Å². The Morgan fingerprint density at radius 1 is 0.395 bits per heavy atom. The molecule has 4 heterocycles. The van der Waals surface area contributed by atoms with E-state index in [1.54, 1.807) is 0 Å². The van der Waals surface area contributed by atoms with Gasteiger partial charge < -0.3 is 9.13 Å². The predicted octanol–water partition coefficient (Wildman–Crippen LogP) is 8.34. The smallest absolute Gasteiger partial charge is 0.0645 e. The van der Waals surface area contributed by atoms with Crippen LogP contribution in [0.3, 0.4) is 0 Å². The first-order chi connectivity index (χ1) is 18.9. The van der Waals surface area contributed by atoms with E-state index in [1.807, 2.05) is 36.9 Å². The number of para-hydroxylation sites is 2. The average Bonchev–Trinajstić information content (AvgIpc) is 3.50. The van der Waals surface area contributed by atoms with E-state index in [4.69, 9.17) is 0 Å². The Hall–Kier alpha value is -5.22. The van der Waals surface area contributed by atoms with Gasteiger partial charge in [0.25, 0.3) is 0 Å². The maximum atomic E-state index is 4.37. The Morgan fingerprint density at radius 3 is 1.29 bits per heavy atom. The van der Waals surface area contributed by atoms with Crippen molar-refractivity contribution in [3.05, 3.63) is 134 Å². The molecule has 0 aliphatic heterocycles. The first kappa shape index (κ1) is 20.9.